The Hall–Kier alpha value is -1.53. The molecule has 0 atom stereocenters. The zero-order chi connectivity index (χ0) is 13.0. The fraction of sp³-hybridized carbons (Fsp3) is 0.333. The molecule has 2 aromatic rings. The molecule has 1 aromatic heterocycles. The molecule has 4 nitrogen and oxygen atoms in total. The summed E-state index contributed by atoms with van der Waals surface area (Å²) in [5, 5.41) is 8.11. The van der Waals surface area contributed by atoms with Gasteiger partial charge in [-0.1, -0.05) is 16.6 Å². The van der Waals surface area contributed by atoms with Crippen molar-refractivity contribution in [1.29, 1.82) is 0 Å². The number of nitrogens with one attached hydrogen (secondary N) is 1. The van der Waals surface area contributed by atoms with E-state index >= 15 is 0 Å². The van der Waals surface area contributed by atoms with E-state index < -0.39 is 0 Å². The van der Waals surface area contributed by atoms with Crippen LogP contribution in [0.15, 0.2) is 24.3 Å². The van der Waals surface area contributed by atoms with Crippen LogP contribution >= 0.6 is 11.5 Å². The Morgan fingerprint density at radius 1 is 1.39 bits per heavy atom. The van der Waals surface area contributed by atoms with Crippen molar-refractivity contribution in [3.63, 3.8) is 0 Å². The standard InChI is InChI=1S/C12H15FN4S/c1-14-12-11(15-16-18-12)8-17(2)7-9-4-3-5-10(13)6-9/h3-6,14H,7-8H2,1-2H3. The van der Waals surface area contributed by atoms with Gasteiger partial charge in [-0.15, -0.1) is 5.10 Å². The molecular formula is C12H15FN4S. The van der Waals surface area contributed by atoms with Gasteiger partial charge >= 0.3 is 0 Å². The Kier molecular flexibility index (Phi) is 4.22. The van der Waals surface area contributed by atoms with Crippen LogP contribution in [0.25, 0.3) is 0 Å². The Morgan fingerprint density at radius 3 is 2.94 bits per heavy atom. The molecule has 0 saturated heterocycles. The normalized spacial score (nSPS) is 10.9. The molecule has 2 rings (SSSR count). The number of halogens is 1. The lowest BCUT2D eigenvalue weighted by molar-refractivity contribution is 0.315. The Labute approximate surface area is 110 Å². The van der Waals surface area contributed by atoms with Crippen LogP contribution in [-0.4, -0.2) is 28.6 Å². The Bertz CT molecular complexity index is 514. The van der Waals surface area contributed by atoms with Crippen molar-refractivity contribution in [2.24, 2.45) is 0 Å². The first-order valence-corrected chi connectivity index (χ1v) is 6.38. The molecule has 96 valence electrons. The summed E-state index contributed by atoms with van der Waals surface area (Å²) in [6.07, 6.45) is 0. The maximum atomic E-state index is 13.1. The first-order valence-electron chi connectivity index (χ1n) is 5.61. The first-order chi connectivity index (χ1) is 8.69. The van der Waals surface area contributed by atoms with E-state index in [9.17, 15) is 4.39 Å². The minimum Gasteiger partial charge on any atom is -0.377 e. The van der Waals surface area contributed by atoms with Crippen LogP contribution < -0.4 is 5.32 Å². The summed E-state index contributed by atoms with van der Waals surface area (Å²) in [5.74, 6) is -0.202. The number of aromatic nitrogens is 2. The average Bonchev–Trinajstić information content (AvgIpc) is 2.76. The summed E-state index contributed by atoms with van der Waals surface area (Å²) in [7, 11) is 3.83. The lowest BCUT2D eigenvalue weighted by Gasteiger charge is -2.15. The van der Waals surface area contributed by atoms with E-state index in [0.717, 1.165) is 16.3 Å². The van der Waals surface area contributed by atoms with Crippen molar-refractivity contribution in [2.75, 3.05) is 19.4 Å². The molecule has 0 radical (unpaired) electrons. The second kappa shape index (κ2) is 5.88. The van der Waals surface area contributed by atoms with Gasteiger partial charge in [0, 0.05) is 31.7 Å². The molecule has 18 heavy (non-hydrogen) atoms. The van der Waals surface area contributed by atoms with Gasteiger partial charge in [-0.3, -0.25) is 4.90 Å². The highest BCUT2D eigenvalue weighted by Crippen LogP contribution is 2.18. The number of anilines is 1. The molecule has 1 aromatic carbocycles. The summed E-state index contributed by atoms with van der Waals surface area (Å²) < 4.78 is 17.0. The van der Waals surface area contributed by atoms with Crippen LogP contribution in [0.5, 0.6) is 0 Å². The van der Waals surface area contributed by atoms with E-state index in [4.69, 9.17) is 0 Å². The van der Waals surface area contributed by atoms with E-state index in [1.807, 2.05) is 20.2 Å². The largest absolute Gasteiger partial charge is 0.377 e. The molecular weight excluding hydrogens is 251 g/mol. The summed E-state index contributed by atoms with van der Waals surface area (Å²) in [5.41, 5.74) is 1.87. The quantitative estimate of drug-likeness (QED) is 0.902. The highest BCUT2D eigenvalue weighted by molar-refractivity contribution is 7.10. The van der Waals surface area contributed by atoms with Gasteiger partial charge in [0.25, 0.3) is 0 Å². The van der Waals surface area contributed by atoms with E-state index in [2.05, 4.69) is 19.8 Å². The van der Waals surface area contributed by atoms with Crippen LogP contribution in [0.1, 0.15) is 11.3 Å². The molecule has 0 aliphatic heterocycles. The summed E-state index contributed by atoms with van der Waals surface area (Å²) in [6.45, 7) is 1.36. The zero-order valence-corrected chi connectivity index (χ0v) is 11.2. The van der Waals surface area contributed by atoms with E-state index in [0.29, 0.717) is 13.1 Å². The maximum absolute atomic E-state index is 13.1. The molecule has 6 heteroatoms. The van der Waals surface area contributed by atoms with Gasteiger partial charge in [0.1, 0.15) is 16.5 Å². The second-order valence-corrected chi connectivity index (χ2v) is 4.86. The van der Waals surface area contributed by atoms with Crippen molar-refractivity contribution in [1.82, 2.24) is 14.5 Å². The van der Waals surface area contributed by atoms with Gasteiger partial charge in [-0.25, -0.2) is 4.39 Å². The Morgan fingerprint density at radius 2 is 2.22 bits per heavy atom. The molecule has 0 saturated carbocycles. The fourth-order valence-electron chi connectivity index (χ4n) is 1.76. The summed E-state index contributed by atoms with van der Waals surface area (Å²) in [4.78, 5) is 2.08. The monoisotopic (exact) mass is 266 g/mol. The van der Waals surface area contributed by atoms with Gasteiger partial charge < -0.3 is 5.32 Å². The van der Waals surface area contributed by atoms with Crippen LogP contribution in [0.2, 0.25) is 0 Å². The van der Waals surface area contributed by atoms with Crippen molar-refractivity contribution < 1.29 is 4.39 Å². The predicted molar refractivity (Wildman–Crippen MR) is 71.0 cm³/mol. The third kappa shape index (κ3) is 3.24. The molecule has 0 bridgehead atoms. The fourth-order valence-corrected chi connectivity index (χ4v) is 2.28. The first kappa shape index (κ1) is 12.9. The highest BCUT2D eigenvalue weighted by atomic mass is 32.1. The molecule has 0 amide bonds. The lowest BCUT2D eigenvalue weighted by Crippen LogP contribution is -2.18. The molecule has 0 fully saturated rings. The number of hydrogen-bond acceptors (Lipinski definition) is 5. The molecule has 1 N–H and O–H groups in total. The third-order valence-electron chi connectivity index (χ3n) is 2.54. The molecule has 1 heterocycles. The maximum Gasteiger partial charge on any atom is 0.134 e. The molecule has 0 spiro atoms. The highest BCUT2D eigenvalue weighted by Gasteiger charge is 2.09. The van der Waals surface area contributed by atoms with Gasteiger partial charge in [0.2, 0.25) is 0 Å². The number of rotatable bonds is 5. The average molecular weight is 266 g/mol. The van der Waals surface area contributed by atoms with E-state index in [1.165, 1.54) is 17.6 Å². The van der Waals surface area contributed by atoms with Crippen molar-refractivity contribution >= 4 is 16.5 Å². The van der Waals surface area contributed by atoms with Crippen molar-refractivity contribution in [3.05, 3.63) is 41.3 Å². The van der Waals surface area contributed by atoms with Crippen LogP contribution in [0.4, 0.5) is 9.39 Å². The zero-order valence-electron chi connectivity index (χ0n) is 10.4. The smallest absolute Gasteiger partial charge is 0.134 e. The van der Waals surface area contributed by atoms with Crippen molar-refractivity contribution in [2.45, 2.75) is 13.1 Å². The van der Waals surface area contributed by atoms with Gasteiger partial charge in [-0.2, -0.15) is 0 Å². The van der Waals surface area contributed by atoms with Gasteiger partial charge in [-0.05, 0) is 24.7 Å². The third-order valence-corrected chi connectivity index (χ3v) is 3.33. The summed E-state index contributed by atoms with van der Waals surface area (Å²) >= 11 is 1.34. The minimum absolute atomic E-state index is 0.202. The molecule has 0 aliphatic rings. The van der Waals surface area contributed by atoms with Gasteiger partial charge in [0.05, 0.1) is 0 Å². The number of hydrogen-bond donors (Lipinski definition) is 1. The minimum atomic E-state index is -0.202. The van der Waals surface area contributed by atoms with Crippen LogP contribution in [0, 0.1) is 5.82 Å². The molecule has 0 unspecified atom stereocenters. The second-order valence-electron chi connectivity index (χ2n) is 4.10. The number of benzene rings is 1. The molecule has 0 aliphatic carbocycles. The van der Waals surface area contributed by atoms with Crippen LogP contribution in [-0.2, 0) is 13.1 Å². The van der Waals surface area contributed by atoms with Crippen molar-refractivity contribution in [3.8, 4) is 0 Å². The lowest BCUT2D eigenvalue weighted by atomic mass is 10.2. The SMILES string of the molecule is CNc1snnc1CN(C)Cc1cccc(F)c1. The Balaban J connectivity index is 1.98. The van der Waals surface area contributed by atoms with Crippen LogP contribution in [0.3, 0.4) is 0 Å². The van der Waals surface area contributed by atoms with E-state index in [-0.39, 0.29) is 5.82 Å². The predicted octanol–water partition coefficient (Wildman–Crippen LogP) is 2.35. The number of nitrogens with zero attached hydrogens (tertiary/aromatic N) is 3. The van der Waals surface area contributed by atoms with Gasteiger partial charge in [0.15, 0.2) is 0 Å². The summed E-state index contributed by atoms with van der Waals surface area (Å²) in [6, 6.07) is 6.64. The van der Waals surface area contributed by atoms with E-state index in [1.54, 1.807) is 12.1 Å². The topological polar surface area (TPSA) is 41.1 Å².